The van der Waals surface area contributed by atoms with E-state index in [0.29, 0.717) is 36.3 Å². The zero-order valence-corrected chi connectivity index (χ0v) is 14.7. The van der Waals surface area contributed by atoms with Crippen LogP contribution >= 0.6 is 0 Å². The minimum atomic E-state index is -0.298. The molecule has 0 radical (unpaired) electrons. The van der Waals surface area contributed by atoms with Crippen LogP contribution < -0.4 is 5.32 Å². The Balaban J connectivity index is 1.73. The second-order valence-corrected chi connectivity index (χ2v) is 5.91. The Bertz CT molecular complexity index is 1040. The van der Waals surface area contributed by atoms with Gasteiger partial charge in [0.1, 0.15) is 23.5 Å². The van der Waals surface area contributed by atoms with Crippen LogP contribution in [0, 0.1) is 5.82 Å². The van der Waals surface area contributed by atoms with E-state index in [1.807, 2.05) is 10.5 Å². The molecule has 0 aliphatic carbocycles. The number of benzene rings is 1. The van der Waals surface area contributed by atoms with Crippen LogP contribution in [0.1, 0.15) is 6.42 Å². The molecule has 0 fully saturated rings. The second kappa shape index (κ2) is 7.55. The highest BCUT2D eigenvalue weighted by molar-refractivity contribution is 5.79. The van der Waals surface area contributed by atoms with Gasteiger partial charge in [0.15, 0.2) is 0 Å². The monoisotopic (exact) mass is 367 g/mol. The Morgan fingerprint density at radius 3 is 2.85 bits per heavy atom. The number of halogens is 1. The number of oxazole rings is 1. The summed E-state index contributed by atoms with van der Waals surface area (Å²) < 4.78 is 25.6. The van der Waals surface area contributed by atoms with E-state index in [1.54, 1.807) is 37.9 Å². The molecular weight excluding hydrogens is 349 g/mol. The van der Waals surface area contributed by atoms with Crippen molar-refractivity contribution in [3.05, 3.63) is 54.8 Å². The standard InChI is InChI=1S/C19H18FN5O2/c1-26-11-2-8-21-18-22-9-7-15(23-18)17-16(13-3-5-14(20)6-4-13)24-19-25(17)10-12-27-19/h3-7,9-10,12H,2,8,11H2,1H3,(H,21,22,23). The molecule has 3 heterocycles. The summed E-state index contributed by atoms with van der Waals surface area (Å²) in [5, 5.41) is 3.19. The number of imidazole rings is 1. The molecule has 138 valence electrons. The van der Waals surface area contributed by atoms with Crippen molar-refractivity contribution in [2.24, 2.45) is 0 Å². The van der Waals surface area contributed by atoms with Gasteiger partial charge < -0.3 is 14.5 Å². The van der Waals surface area contributed by atoms with Gasteiger partial charge in [0, 0.05) is 38.2 Å². The lowest BCUT2D eigenvalue weighted by atomic mass is 10.1. The zero-order valence-electron chi connectivity index (χ0n) is 14.7. The van der Waals surface area contributed by atoms with E-state index in [9.17, 15) is 4.39 Å². The van der Waals surface area contributed by atoms with Crippen LogP contribution in [-0.2, 0) is 4.74 Å². The molecule has 3 aromatic heterocycles. The fourth-order valence-electron chi connectivity index (χ4n) is 2.83. The van der Waals surface area contributed by atoms with Crippen LogP contribution in [0.3, 0.4) is 0 Å². The van der Waals surface area contributed by atoms with Crippen LogP contribution in [0.2, 0.25) is 0 Å². The van der Waals surface area contributed by atoms with E-state index in [4.69, 9.17) is 9.15 Å². The molecule has 8 heteroatoms. The van der Waals surface area contributed by atoms with Gasteiger partial charge in [0.05, 0.1) is 5.69 Å². The van der Waals surface area contributed by atoms with Gasteiger partial charge in [0.2, 0.25) is 5.95 Å². The number of hydrogen-bond acceptors (Lipinski definition) is 6. The van der Waals surface area contributed by atoms with Crippen molar-refractivity contribution in [3.63, 3.8) is 0 Å². The Morgan fingerprint density at radius 1 is 1.19 bits per heavy atom. The van der Waals surface area contributed by atoms with Crippen molar-refractivity contribution >= 4 is 11.8 Å². The average molecular weight is 367 g/mol. The highest BCUT2D eigenvalue weighted by Crippen LogP contribution is 2.32. The van der Waals surface area contributed by atoms with E-state index >= 15 is 0 Å². The van der Waals surface area contributed by atoms with E-state index < -0.39 is 0 Å². The fraction of sp³-hybridized carbons (Fsp3) is 0.211. The minimum absolute atomic E-state index is 0.298. The minimum Gasteiger partial charge on any atom is -0.432 e. The molecule has 4 aromatic rings. The van der Waals surface area contributed by atoms with Crippen LogP contribution in [0.5, 0.6) is 0 Å². The van der Waals surface area contributed by atoms with Crippen LogP contribution in [-0.4, -0.2) is 39.6 Å². The van der Waals surface area contributed by atoms with Crippen molar-refractivity contribution < 1.29 is 13.5 Å². The third kappa shape index (κ3) is 3.52. The maximum Gasteiger partial charge on any atom is 0.306 e. The Kier molecular flexibility index (Phi) is 4.80. The molecule has 0 atom stereocenters. The van der Waals surface area contributed by atoms with Gasteiger partial charge in [-0.25, -0.2) is 14.4 Å². The van der Waals surface area contributed by atoms with Gasteiger partial charge in [-0.3, -0.25) is 4.40 Å². The topological polar surface area (TPSA) is 77.5 Å². The molecule has 0 amide bonds. The molecule has 27 heavy (non-hydrogen) atoms. The van der Waals surface area contributed by atoms with Crippen molar-refractivity contribution in [3.8, 4) is 22.6 Å². The fourth-order valence-corrected chi connectivity index (χ4v) is 2.83. The molecule has 0 aliphatic heterocycles. The van der Waals surface area contributed by atoms with Crippen molar-refractivity contribution in [2.75, 3.05) is 25.6 Å². The third-order valence-corrected chi connectivity index (χ3v) is 4.09. The molecular formula is C19H18FN5O2. The third-order valence-electron chi connectivity index (χ3n) is 4.09. The molecule has 0 saturated heterocycles. The van der Waals surface area contributed by atoms with E-state index in [1.165, 1.54) is 12.1 Å². The van der Waals surface area contributed by atoms with Gasteiger partial charge >= 0.3 is 5.84 Å². The van der Waals surface area contributed by atoms with E-state index in [0.717, 1.165) is 17.7 Å². The summed E-state index contributed by atoms with van der Waals surface area (Å²) in [7, 11) is 1.67. The lowest BCUT2D eigenvalue weighted by molar-refractivity contribution is 0.197. The SMILES string of the molecule is COCCCNc1nccc(-c2c(-c3ccc(F)cc3)nc3occn23)n1. The highest BCUT2D eigenvalue weighted by Gasteiger charge is 2.19. The number of methoxy groups -OCH3 is 1. The number of ether oxygens (including phenoxy) is 1. The lowest BCUT2D eigenvalue weighted by Crippen LogP contribution is -2.08. The average Bonchev–Trinajstić information content (AvgIpc) is 3.27. The first-order chi connectivity index (χ1) is 13.3. The highest BCUT2D eigenvalue weighted by atomic mass is 19.1. The summed E-state index contributed by atoms with van der Waals surface area (Å²) in [6.45, 7) is 1.37. The maximum atomic E-state index is 13.3. The summed E-state index contributed by atoms with van der Waals surface area (Å²) >= 11 is 0. The lowest BCUT2D eigenvalue weighted by Gasteiger charge is -2.07. The van der Waals surface area contributed by atoms with E-state index in [-0.39, 0.29) is 5.82 Å². The van der Waals surface area contributed by atoms with Gasteiger partial charge in [-0.1, -0.05) is 0 Å². The van der Waals surface area contributed by atoms with Crippen LogP contribution in [0.25, 0.3) is 28.5 Å². The number of nitrogens with one attached hydrogen (secondary N) is 1. The summed E-state index contributed by atoms with van der Waals surface area (Å²) in [6.07, 6.45) is 5.88. The molecule has 1 aromatic carbocycles. The summed E-state index contributed by atoms with van der Waals surface area (Å²) in [4.78, 5) is 13.4. The zero-order chi connectivity index (χ0) is 18.6. The first kappa shape index (κ1) is 17.2. The van der Waals surface area contributed by atoms with Crippen molar-refractivity contribution in [1.29, 1.82) is 0 Å². The molecule has 1 N–H and O–H groups in total. The van der Waals surface area contributed by atoms with E-state index in [2.05, 4.69) is 20.3 Å². The Labute approximate surface area is 154 Å². The molecule has 0 aliphatic rings. The number of anilines is 1. The van der Waals surface area contributed by atoms with Gasteiger partial charge in [-0.05, 0) is 36.8 Å². The first-order valence-corrected chi connectivity index (χ1v) is 8.54. The van der Waals surface area contributed by atoms with Gasteiger partial charge in [0.25, 0.3) is 0 Å². The summed E-state index contributed by atoms with van der Waals surface area (Å²) in [5.74, 6) is 0.664. The van der Waals surface area contributed by atoms with Crippen molar-refractivity contribution in [2.45, 2.75) is 6.42 Å². The summed E-state index contributed by atoms with van der Waals surface area (Å²) in [6, 6.07) is 7.99. The van der Waals surface area contributed by atoms with Crippen LogP contribution in [0.4, 0.5) is 10.3 Å². The summed E-state index contributed by atoms with van der Waals surface area (Å²) in [5.41, 5.74) is 2.89. The normalized spacial score (nSPS) is 11.2. The molecule has 4 rings (SSSR count). The Morgan fingerprint density at radius 2 is 2.04 bits per heavy atom. The maximum absolute atomic E-state index is 13.3. The quantitative estimate of drug-likeness (QED) is 0.503. The number of nitrogens with zero attached hydrogens (tertiary/aromatic N) is 4. The number of fused-ring (bicyclic) bond motifs is 1. The number of aromatic nitrogens is 4. The smallest absolute Gasteiger partial charge is 0.306 e. The number of hydrogen-bond donors (Lipinski definition) is 1. The predicted molar refractivity (Wildman–Crippen MR) is 98.9 cm³/mol. The molecule has 0 saturated carbocycles. The largest absolute Gasteiger partial charge is 0.432 e. The first-order valence-electron chi connectivity index (χ1n) is 8.54. The Hall–Kier alpha value is -3.26. The van der Waals surface area contributed by atoms with Gasteiger partial charge in [-0.2, -0.15) is 4.98 Å². The molecule has 7 nitrogen and oxygen atoms in total. The molecule has 0 bridgehead atoms. The predicted octanol–water partition coefficient (Wildman–Crippen LogP) is 3.64. The van der Waals surface area contributed by atoms with Crippen molar-refractivity contribution in [1.82, 2.24) is 19.4 Å². The van der Waals surface area contributed by atoms with Gasteiger partial charge in [-0.15, -0.1) is 0 Å². The molecule has 0 unspecified atom stereocenters. The number of rotatable bonds is 7. The van der Waals surface area contributed by atoms with Crippen LogP contribution in [0.15, 0.2) is 53.4 Å². The second-order valence-electron chi connectivity index (χ2n) is 5.91. The molecule has 0 spiro atoms.